The smallest absolute Gasteiger partial charge is 0.254 e. The monoisotopic (exact) mass is 346 g/mol. The molecule has 2 aromatic carbocycles. The topological polar surface area (TPSA) is 58.2 Å². The fraction of sp³-hybridized carbons (Fsp3) is 0.263. The maximum absolute atomic E-state index is 13.7. The number of aryl methyl sites for hydroxylation is 1. The Bertz CT molecular complexity index is 791. The van der Waals surface area contributed by atoms with Crippen LogP contribution in [0.2, 0.25) is 0 Å². The molecule has 0 aromatic heterocycles. The van der Waals surface area contributed by atoms with Gasteiger partial charge >= 0.3 is 0 Å². The highest BCUT2D eigenvalue weighted by molar-refractivity contribution is 6.01. The summed E-state index contributed by atoms with van der Waals surface area (Å²) < 4.78 is 27.1. The Labute approximate surface area is 145 Å². The number of benzene rings is 2. The molecular formula is C19H20F2N2O2. The fourth-order valence-corrected chi connectivity index (χ4v) is 2.34. The predicted octanol–water partition coefficient (Wildman–Crippen LogP) is 3.67. The number of carbonyl (C=O) groups is 2. The van der Waals surface area contributed by atoms with Crippen LogP contribution in [0.3, 0.4) is 0 Å². The van der Waals surface area contributed by atoms with Crippen molar-refractivity contribution in [2.45, 2.75) is 26.8 Å². The Morgan fingerprint density at radius 3 is 2.36 bits per heavy atom. The van der Waals surface area contributed by atoms with E-state index < -0.39 is 29.5 Å². The van der Waals surface area contributed by atoms with E-state index >= 15 is 0 Å². The molecule has 2 aromatic rings. The number of carbonyl (C=O) groups excluding carboxylic acids is 2. The second kappa shape index (κ2) is 7.88. The molecule has 0 bridgehead atoms. The average Bonchev–Trinajstić information content (AvgIpc) is 2.55. The summed E-state index contributed by atoms with van der Waals surface area (Å²) >= 11 is 0. The van der Waals surface area contributed by atoms with Crippen LogP contribution in [0, 0.1) is 24.5 Å². The summed E-state index contributed by atoms with van der Waals surface area (Å²) in [4.78, 5) is 24.8. The molecule has 0 aliphatic rings. The Morgan fingerprint density at radius 1 is 1.04 bits per heavy atom. The molecule has 2 amide bonds. The van der Waals surface area contributed by atoms with E-state index in [2.05, 4.69) is 10.6 Å². The number of hydrogen-bond donors (Lipinski definition) is 2. The molecule has 0 aliphatic carbocycles. The van der Waals surface area contributed by atoms with Crippen molar-refractivity contribution < 1.29 is 18.4 Å². The van der Waals surface area contributed by atoms with Gasteiger partial charge in [0.25, 0.3) is 5.91 Å². The SMILES string of the molecule is Cc1ccc(F)cc1NC(=O)[C@@H](NC(=O)c1ccccc1F)C(C)C. The van der Waals surface area contributed by atoms with Crippen molar-refractivity contribution in [3.8, 4) is 0 Å². The molecule has 6 heteroatoms. The summed E-state index contributed by atoms with van der Waals surface area (Å²) in [6, 6.07) is 8.70. The Morgan fingerprint density at radius 2 is 1.72 bits per heavy atom. The van der Waals surface area contributed by atoms with Crippen molar-refractivity contribution in [3.63, 3.8) is 0 Å². The van der Waals surface area contributed by atoms with Crippen LogP contribution in [0.4, 0.5) is 14.5 Å². The van der Waals surface area contributed by atoms with Crippen LogP contribution < -0.4 is 10.6 Å². The molecule has 0 fully saturated rings. The largest absolute Gasteiger partial charge is 0.340 e. The van der Waals surface area contributed by atoms with Crippen molar-refractivity contribution >= 4 is 17.5 Å². The van der Waals surface area contributed by atoms with Crippen molar-refractivity contribution in [3.05, 3.63) is 65.2 Å². The molecule has 0 saturated heterocycles. The molecule has 25 heavy (non-hydrogen) atoms. The molecule has 132 valence electrons. The highest BCUT2D eigenvalue weighted by Crippen LogP contribution is 2.17. The molecule has 0 radical (unpaired) electrons. The van der Waals surface area contributed by atoms with E-state index in [4.69, 9.17) is 0 Å². The second-order valence-electron chi connectivity index (χ2n) is 6.12. The number of rotatable bonds is 5. The van der Waals surface area contributed by atoms with Gasteiger partial charge in [0.2, 0.25) is 5.91 Å². The van der Waals surface area contributed by atoms with E-state index in [0.717, 1.165) is 0 Å². The van der Waals surface area contributed by atoms with Gasteiger partial charge in [-0.3, -0.25) is 9.59 Å². The molecule has 0 unspecified atom stereocenters. The van der Waals surface area contributed by atoms with Gasteiger partial charge in [-0.1, -0.05) is 32.0 Å². The van der Waals surface area contributed by atoms with Crippen molar-refractivity contribution in [1.29, 1.82) is 0 Å². The van der Waals surface area contributed by atoms with E-state index in [1.807, 2.05) is 0 Å². The molecule has 1 atom stereocenters. The van der Waals surface area contributed by atoms with Crippen LogP contribution >= 0.6 is 0 Å². The third-order valence-electron chi connectivity index (χ3n) is 3.81. The summed E-state index contributed by atoms with van der Waals surface area (Å²) in [7, 11) is 0. The number of nitrogens with one attached hydrogen (secondary N) is 2. The zero-order chi connectivity index (χ0) is 18.6. The lowest BCUT2D eigenvalue weighted by Crippen LogP contribution is -2.47. The van der Waals surface area contributed by atoms with Crippen LogP contribution in [0.1, 0.15) is 29.8 Å². The Hall–Kier alpha value is -2.76. The first kappa shape index (κ1) is 18.6. The molecule has 0 heterocycles. The Balaban J connectivity index is 2.17. The predicted molar refractivity (Wildman–Crippen MR) is 92.3 cm³/mol. The molecule has 2 rings (SSSR count). The normalized spacial score (nSPS) is 11.9. The van der Waals surface area contributed by atoms with E-state index in [1.54, 1.807) is 32.9 Å². The minimum atomic E-state index is -0.894. The van der Waals surface area contributed by atoms with Gasteiger partial charge in [-0.2, -0.15) is 0 Å². The summed E-state index contributed by atoms with van der Waals surface area (Å²) in [5, 5.41) is 5.16. The van der Waals surface area contributed by atoms with Crippen LogP contribution in [-0.4, -0.2) is 17.9 Å². The number of anilines is 1. The first-order chi connectivity index (χ1) is 11.8. The van der Waals surface area contributed by atoms with Gasteiger partial charge in [-0.25, -0.2) is 8.78 Å². The van der Waals surface area contributed by atoms with Gasteiger partial charge < -0.3 is 10.6 Å². The zero-order valence-corrected chi connectivity index (χ0v) is 14.3. The van der Waals surface area contributed by atoms with Crippen LogP contribution in [0.5, 0.6) is 0 Å². The minimum absolute atomic E-state index is 0.136. The van der Waals surface area contributed by atoms with Crippen LogP contribution in [0.25, 0.3) is 0 Å². The maximum atomic E-state index is 13.7. The van der Waals surface area contributed by atoms with E-state index in [0.29, 0.717) is 11.3 Å². The lowest BCUT2D eigenvalue weighted by molar-refractivity contribution is -0.118. The summed E-state index contributed by atoms with van der Waals surface area (Å²) in [5.41, 5.74) is 0.886. The first-order valence-electron chi connectivity index (χ1n) is 7.92. The van der Waals surface area contributed by atoms with Gasteiger partial charge in [0.05, 0.1) is 5.56 Å². The molecule has 2 N–H and O–H groups in total. The first-order valence-corrected chi connectivity index (χ1v) is 7.92. The average molecular weight is 346 g/mol. The molecule has 0 aliphatic heterocycles. The molecule has 0 saturated carbocycles. The summed E-state index contributed by atoms with van der Waals surface area (Å²) in [6.45, 7) is 5.24. The van der Waals surface area contributed by atoms with Crippen molar-refractivity contribution in [1.82, 2.24) is 5.32 Å². The summed E-state index contributed by atoms with van der Waals surface area (Å²) in [6.07, 6.45) is 0. The summed E-state index contributed by atoms with van der Waals surface area (Å²) in [5.74, 6) is -2.55. The van der Waals surface area contributed by atoms with Crippen LogP contribution in [0.15, 0.2) is 42.5 Å². The lowest BCUT2D eigenvalue weighted by Gasteiger charge is -2.22. The maximum Gasteiger partial charge on any atom is 0.254 e. The van der Waals surface area contributed by atoms with Gasteiger partial charge in [0.15, 0.2) is 0 Å². The fourth-order valence-electron chi connectivity index (χ4n) is 2.34. The van der Waals surface area contributed by atoms with E-state index in [-0.39, 0.29) is 11.5 Å². The third kappa shape index (κ3) is 4.62. The standard InChI is InChI=1S/C19H20F2N2O2/c1-11(2)17(23-18(24)14-6-4-5-7-15(14)21)19(25)22-16-10-13(20)9-8-12(16)3/h4-11,17H,1-3H3,(H,22,25)(H,23,24)/t17-/m0/s1. The molecular weight excluding hydrogens is 326 g/mol. The number of halogens is 2. The van der Waals surface area contributed by atoms with Crippen molar-refractivity contribution in [2.75, 3.05) is 5.32 Å². The highest BCUT2D eigenvalue weighted by Gasteiger charge is 2.26. The second-order valence-corrected chi connectivity index (χ2v) is 6.12. The molecule has 0 spiro atoms. The quantitative estimate of drug-likeness (QED) is 0.868. The van der Waals surface area contributed by atoms with Gasteiger partial charge in [-0.05, 0) is 42.7 Å². The van der Waals surface area contributed by atoms with Crippen molar-refractivity contribution in [2.24, 2.45) is 5.92 Å². The van der Waals surface area contributed by atoms with E-state index in [1.165, 1.54) is 30.3 Å². The van der Waals surface area contributed by atoms with Gasteiger partial charge in [0.1, 0.15) is 17.7 Å². The van der Waals surface area contributed by atoms with Gasteiger partial charge in [0, 0.05) is 5.69 Å². The highest BCUT2D eigenvalue weighted by atomic mass is 19.1. The minimum Gasteiger partial charge on any atom is -0.340 e. The third-order valence-corrected chi connectivity index (χ3v) is 3.81. The lowest BCUT2D eigenvalue weighted by atomic mass is 10.0. The van der Waals surface area contributed by atoms with Crippen LogP contribution in [-0.2, 0) is 4.79 Å². The van der Waals surface area contributed by atoms with E-state index in [9.17, 15) is 18.4 Å². The Kier molecular flexibility index (Phi) is 5.85. The zero-order valence-electron chi connectivity index (χ0n) is 14.3. The molecule has 4 nitrogen and oxygen atoms in total. The number of hydrogen-bond acceptors (Lipinski definition) is 2. The van der Waals surface area contributed by atoms with Gasteiger partial charge in [-0.15, -0.1) is 0 Å². The number of amides is 2.